The summed E-state index contributed by atoms with van der Waals surface area (Å²) >= 11 is 7.08. The van der Waals surface area contributed by atoms with Crippen LogP contribution in [0.4, 0.5) is 5.69 Å². The first-order valence-corrected chi connectivity index (χ1v) is 11.2. The van der Waals surface area contributed by atoms with E-state index in [1.807, 2.05) is 24.3 Å². The summed E-state index contributed by atoms with van der Waals surface area (Å²) in [5.41, 5.74) is 1.36. The molecule has 0 unspecified atom stereocenters. The van der Waals surface area contributed by atoms with Gasteiger partial charge in [-0.1, -0.05) is 23.7 Å². The number of nitro benzene ring substituents is 1. The molecule has 166 valence electrons. The molecule has 11 heteroatoms. The number of aromatic nitrogens is 3. The predicted molar refractivity (Wildman–Crippen MR) is 121 cm³/mol. The number of carbonyl (C=O) groups is 1. The van der Waals surface area contributed by atoms with Crippen LogP contribution < -0.4 is 0 Å². The molecule has 9 nitrogen and oxygen atoms in total. The average Bonchev–Trinajstić information content (AvgIpc) is 3.20. The van der Waals surface area contributed by atoms with Crippen molar-refractivity contribution in [2.75, 3.05) is 26.2 Å². The van der Waals surface area contributed by atoms with Gasteiger partial charge >= 0.3 is 0 Å². The van der Waals surface area contributed by atoms with Gasteiger partial charge in [0.05, 0.1) is 9.82 Å². The van der Waals surface area contributed by atoms with Crippen LogP contribution in [-0.2, 0) is 13.6 Å². The van der Waals surface area contributed by atoms with Crippen molar-refractivity contribution in [3.63, 3.8) is 0 Å². The van der Waals surface area contributed by atoms with Crippen LogP contribution in [0.3, 0.4) is 0 Å². The molecule has 0 atom stereocenters. The number of nitro groups is 1. The molecular weight excluding hydrogens is 452 g/mol. The van der Waals surface area contributed by atoms with Crippen LogP contribution in [-0.4, -0.2) is 61.6 Å². The van der Waals surface area contributed by atoms with Gasteiger partial charge in [0.15, 0.2) is 5.16 Å². The first-order valence-electron chi connectivity index (χ1n) is 9.97. The second-order valence-electron chi connectivity index (χ2n) is 7.46. The number of carbonyl (C=O) groups excluding carboxylic acids is 1. The fraction of sp³-hybridized carbons (Fsp3) is 0.286. The van der Waals surface area contributed by atoms with E-state index in [1.54, 1.807) is 28.6 Å². The Morgan fingerprint density at radius 3 is 2.50 bits per heavy atom. The molecule has 1 aliphatic rings. The third-order valence-corrected chi connectivity index (χ3v) is 6.62. The highest BCUT2D eigenvalue weighted by Crippen LogP contribution is 2.34. The summed E-state index contributed by atoms with van der Waals surface area (Å²) in [5, 5.41) is 20.6. The molecule has 32 heavy (non-hydrogen) atoms. The molecule has 0 aliphatic carbocycles. The minimum atomic E-state index is -0.473. The fourth-order valence-electron chi connectivity index (χ4n) is 3.48. The lowest BCUT2D eigenvalue weighted by molar-refractivity contribution is -0.387. The molecule has 0 spiro atoms. The van der Waals surface area contributed by atoms with Gasteiger partial charge in [0, 0.05) is 56.4 Å². The van der Waals surface area contributed by atoms with Gasteiger partial charge in [0.2, 0.25) is 0 Å². The Bertz CT molecular complexity index is 1130. The molecular formula is C21H21ClN6O3S. The maximum Gasteiger partial charge on any atom is 0.284 e. The van der Waals surface area contributed by atoms with Crippen molar-refractivity contribution < 1.29 is 9.72 Å². The maximum atomic E-state index is 13.0. The van der Waals surface area contributed by atoms with E-state index in [0.717, 1.165) is 31.4 Å². The lowest BCUT2D eigenvalue weighted by atomic mass is 10.1. The standard InChI is InChI=1S/C21H21ClN6O3S/c1-25-14-23-24-21(25)32-19-7-4-16(12-18(19)28(30)31)20(29)27-10-8-26(9-11-27)13-15-2-5-17(22)6-3-15/h2-7,12,14H,8-11,13H2,1H3. The largest absolute Gasteiger partial charge is 0.336 e. The number of aryl methyl sites for hydroxylation is 1. The van der Waals surface area contributed by atoms with Gasteiger partial charge in [0.25, 0.3) is 11.6 Å². The van der Waals surface area contributed by atoms with E-state index in [2.05, 4.69) is 15.1 Å². The van der Waals surface area contributed by atoms with E-state index >= 15 is 0 Å². The van der Waals surface area contributed by atoms with Crippen molar-refractivity contribution in [3.8, 4) is 0 Å². The smallest absolute Gasteiger partial charge is 0.284 e. The van der Waals surface area contributed by atoms with Crippen molar-refractivity contribution in [2.24, 2.45) is 7.05 Å². The lowest BCUT2D eigenvalue weighted by Crippen LogP contribution is -2.48. The summed E-state index contributed by atoms with van der Waals surface area (Å²) in [6.07, 6.45) is 1.53. The van der Waals surface area contributed by atoms with Gasteiger partial charge in [-0.25, -0.2) is 0 Å². The van der Waals surface area contributed by atoms with E-state index in [1.165, 1.54) is 18.0 Å². The van der Waals surface area contributed by atoms with Crippen LogP contribution in [0.5, 0.6) is 0 Å². The third kappa shape index (κ3) is 5.09. The molecule has 0 saturated carbocycles. The van der Waals surface area contributed by atoms with Crippen molar-refractivity contribution >= 4 is 35.0 Å². The number of hydrogen-bond donors (Lipinski definition) is 0. The van der Waals surface area contributed by atoms with Gasteiger partial charge in [-0.2, -0.15) is 0 Å². The zero-order valence-corrected chi connectivity index (χ0v) is 18.9. The number of halogens is 1. The van der Waals surface area contributed by atoms with Crippen LogP contribution in [0.25, 0.3) is 0 Å². The molecule has 1 aliphatic heterocycles. The number of rotatable bonds is 6. The molecule has 1 fully saturated rings. The van der Waals surface area contributed by atoms with E-state index in [4.69, 9.17) is 11.6 Å². The molecule has 3 aromatic rings. The second-order valence-corrected chi connectivity index (χ2v) is 8.91. The minimum Gasteiger partial charge on any atom is -0.336 e. The van der Waals surface area contributed by atoms with E-state index in [9.17, 15) is 14.9 Å². The van der Waals surface area contributed by atoms with E-state index in [-0.39, 0.29) is 11.6 Å². The van der Waals surface area contributed by atoms with Gasteiger partial charge < -0.3 is 9.47 Å². The average molecular weight is 473 g/mol. The molecule has 4 rings (SSSR count). The number of nitrogens with zero attached hydrogens (tertiary/aromatic N) is 6. The number of piperazine rings is 1. The predicted octanol–water partition coefficient (Wildman–Crippen LogP) is 3.49. The van der Waals surface area contributed by atoms with Crippen molar-refractivity contribution in [1.29, 1.82) is 0 Å². The summed E-state index contributed by atoms with van der Waals surface area (Å²) in [7, 11) is 1.76. The molecule has 0 N–H and O–H groups in total. The first-order chi connectivity index (χ1) is 15.4. The normalized spacial score (nSPS) is 14.5. The van der Waals surface area contributed by atoms with Crippen LogP contribution in [0.1, 0.15) is 15.9 Å². The first kappa shape index (κ1) is 22.3. The van der Waals surface area contributed by atoms with Crippen molar-refractivity contribution in [3.05, 3.63) is 75.1 Å². The summed E-state index contributed by atoms with van der Waals surface area (Å²) in [4.78, 5) is 28.6. The van der Waals surface area contributed by atoms with Crippen LogP contribution in [0.2, 0.25) is 5.02 Å². The molecule has 1 saturated heterocycles. The third-order valence-electron chi connectivity index (χ3n) is 5.25. The summed E-state index contributed by atoms with van der Waals surface area (Å²) in [5.74, 6) is -0.200. The van der Waals surface area contributed by atoms with Crippen molar-refractivity contribution in [2.45, 2.75) is 16.6 Å². The topological polar surface area (TPSA) is 97.4 Å². The Labute approximate surface area is 194 Å². The molecule has 2 aromatic carbocycles. The van der Waals surface area contributed by atoms with Gasteiger partial charge in [0.1, 0.15) is 6.33 Å². The lowest BCUT2D eigenvalue weighted by Gasteiger charge is -2.34. The highest BCUT2D eigenvalue weighted by Gasteiger charge is 2.25. The Hall–Kier alpha value is -2.95. The minimum absolute atomic E-state index is 0.120. The Morgan fingerprint density at radius 2 is 1.88 bits per heavy atom. The van der Waals surface area contributed by atoms with E-state index < -0.39 is 4.92 Å². The highest BCUT2D eigenvalue weighted by molar-refractivity contribution is 7.99. The SMILES string of the molecule is Cn1cnnc1Sc1ccc(C(=O)N2CCN(Cc3ccc(Cl)cc3)CC2)cc1[N+](=O)[O-]. The van der Waals surface area contributed by atoms with Crippen LogP contribution >= 0.6 is 23.4 Å². The summed E-state index contributed by atoms with van der Waals surface area (Å²) < 4.78 is 1.68. The maximum absolute atomic E-state index is 13.0. The number of benzene rings is 2. The molecule has 1 amide bonds. The number of hydrogen-bond acceptors (Lipinski definition) is 7. The fourth-order valence-corrected chi connectivity index (χ4v) is 4.46. The monoisotopic (exact) mass is 472 g/mol. The van der Waals surface area contributed by atoms with Crippen LogP contribution in [0, 0.1) is 10.1 Å². The Balaban J connectivity index is 1.42. The Morgan fingerprint density at radius 1 is 1.16 bits per heavy atom. The zero-order valence-electron chi connectivity index (χ0n) is 17.3. The van der Waals surface area contributed by atoms with Crippen LogP contribution in [0.15, 0.2) is 58.8 Å². The molecule has 2 heterocycles. The van der Waals surface area contributed by atoms with Gasteiger partial charge in [-0.05, 0) is 41.6 Å². The Kier molecular flexibility index (Phi) is 6.73. The van der Waals surface area contributed by atoms with Gasteiger partial charge in [-0.3, -0.25) is 19.8 Å². The molecule has 0 bridgehead atoms. The second kappa shape index (κ2) is 9.68. The number of amides is 1. The molecule has 1 aromatic heterocycles. The van der Waals surface area contributed by atoms with E-state index in [0.29, 0.717) is 33.7 Å². The highest BCUT2D eigenvalue weighted by atomic mass is 35.5. The van der Waals surface area contributed by atoms with Gasteiger partial charge in [-0.15, -0.1) is 10.2 Å². The molecule has 0 radical (unpaired) electrons. The van der Waals surface area contributed by atoms with Crippen molar-refractivity contribution in [1.82, 2.24) is 24.6 Å². The summed E-state index contributed by atoms with van der Waals surface area (Å²) in [6, 6.07) is 12.3. The quantitative estimate of drug-likeness (QED) is 0.400. The summed E-state index contributed by atoms with van der Waals surface area (Å²) in [6.45, 7) is 3.39. The zero-order chi connectivity index (χ0) is 22.7.